The summed E-state index contributed by atoms with van der Waals surface area (Å²) in [5, 5.41) is 3.00. The van der Waals surface area contributed by atoms with E-state index < -0.39 is 0 Å². The van der Waals surface area contributed by atoms with Crippen LogP contribution in [0.5, 0.6) is 0 Å². The molecule has 2 heteroatoms. The van der Waals surface area contributed by atoms with Crippen LogP contribution in [0.1, 0.15) is 39.5 Å². The van der Waals surface area contributed by atoms with Crippen molar-refractivity contribution < 1.29 is 4.79 Å². The molecule has 0 spiro atoms. The van der Waals surface area contributed by atoms with E-state index in [1.807, 2.05) is 0 Å². The van der Waals surface area contributed by atoms with E-state index in [9.17, 15) is 4.79 Å². The summed E-state index contributed by atoms with van der Waals surface area (Å²) in [6.45, 7) is 7.90. The van der Waals surface area contributed by atoms with Crippen molar-refractivity contribution in [3.05, 3.63) is 24.3 Å². The van der Waals surface area contributed by atoms with Crippen LogP contribution in [0.15, 0.2) is 24.3 Å². The molecule has 1 aliphatic carbocycles. The molecule has 1 amide bonds. The first-order chi connectivity index (χ1) is 7.13. The van der Waals surface area contributed by atoms with Crippen LogP contribution in [0.4, 0.5) is 0 Å². The second-order valence-electron chi connectivity index (χ2n) is 4.48. The Morgan fingerprint density at radius 3 is 3.00 bits per heavy atom. The van der Waals surface area contributed by atoms with Gasteiger partial charge in [-0.15, -0.1) is 0 Å². The third-order valence-electron chi connectivity index (χ3n) is 2.92. The Kier molecular flexibility index (Phi) is 4.60. The molecule has 0 aromatic carbocycles. The smallest absolute Gasteiger partial charge is 0.243 e. The van der Waals surface area contributed by atoms with Gasteiger partial charge in [-0.2, -0.15) is 0 Å². The van der Waals surface area contributed by atoms with Crippen molar-refractivity contribution in [2.45, 2.75) is 45.6 Å². The summed E-state index contributed by atoms with van der Waals surface area (Å²) >= 11 is 0. The number of carbonyl (C=O) groups excluding carboxylic acids is 1. The third kappa shape index (κ3) is 3.90. The Morgan fingerprint density at radius 1 is 1.67 bits per heavy atom. The minimum absolute atomic E-state index is 0.0509. The van der Waals surface area contributed by atoms with Gasteiger partial charge in [0, 0.05) is 6.04 Å². The van der Waals surface area contributed by atoms with Crippen molar-refractivity contribution in [3.63, 3.8) is 0 Å². The van der Waals surface area contributed by atoms with Crippen molar-refractivity contribution in [2.24, 2.45) is 5.92 Å². The van der Waals surface area contributed by atoms with Gasteiger partial charge in [0.05, 0.1) is 0 Å². The molecule has 2 nitrogen and oxygen atoms in total. The molecular formula is C13H21NO. The first-order valence-electron chi connectivity index (χ1n) is 5.75. The van der Waals surface area contributed by atoms with E-state index in [-0.39, 0.29) is 5.91 Å². The van der Waals surface area contributed by atoms with E-state index in [0.717, 1.165) is 25.7 Å². The summed E-state index contributed by atoms with van der Waals surface area (Å²) in [6.07, 6.45) is 8.07. The summed E-state index contributed by atoms with van der Waals surface area (Å²) in [4.78, 5) is 11.2. The van der Waals surface area contributed by atoms with Crippen LogP contribution >= 0.6 is 0 Å². The minimum Gasteiger partial charge on any atom is -0.350 e. The van der Waals surface area contributed by atoms with Gasteiger partial charge < -0.3 is 5.32 Å². The van der Waals surface area contributed by atoms with E-state index in [4.69, 9.17) is 0 Å². The maximum Gasteiger partial charge on any atom is 0.243 e. The van der Waals surface area contributed by atoms with Crippen LogP contribution in [0.25, 0.3) is 0 Å². The van der Waals surface area contributed by atoms with Gasteiger partial charge in [-0.3, -0.25) is 4.79 Å². The predicted molar refractivity (Wildman–Crippen MR) is 63.5 cm³/mol. The predicted octanol–water partition coefficient (Wildman–Crippen LogP) is 2.81. The fourth-order valence-corrected chi connectivity index (χ4v) is 1.98. The van der Waals surface area contributed by atoms with Crippen LogP contribution in [-0.2, 0) is 4.79 Å². The van der Waals surface area contributed by atoms with Crippen molar-refractivity contribution in [2.75, 3.05) is 0 Å². The van der Waals surface area contributed by atoms with Gasteiger partial charge in [0.15, 0.2) is 0 Å². The van der Waals surface area contributed by atoms with Crippen LogP contribution in [-0.4, -0.2) is 11.9 Å². The van der Waals surface area contributed by atoms with Crippen LogP contribution < -0.4 is 5.32 Å². The zero-order chi connectivity index (χ0) is 11.3. The number of rotatable bonds is 3. The van der Waals surface area contributed by atoms with Crippen LogP contribution in [0.3, 0.4) is 0 Å². The van der Waals surface area contributed by atoms with E-state index in [1.54, 1.807) is 0 Å². The highest BCUT2D eigenvalue weighted by atomic mass is 16.1. The molecule has 1 aliphatic rings. The van der Waals surface area contributed by atoms with Crippen molar-refractivity contribution in [1.29, 1.82) is 0 Å². The lowest BCUT2D eigenvalue weighted by molar-refractivity contribution is -0.117. The normalized spacial score (nSPS) is 21.8. The molecule has 1 rings (SSSR count). The molecule has 1 unspecified atom stereocenters. The van der Waals surface area contributed by atoms with E-state index in [1.165, 1.54) is 11.6 Å². The standard InChI is InChI=1S/C13H21NO/c1-4-13(15)14-12-8-6-5-7-11(9-12)10(2)3/h4,7,10,12H,1,5-6,8-9H2,2-3H3,(H,14,15). The number of hydrogen-bond donors (Lipinski definition) is 1. The SMILES string of the molecule is C=CC(=O)NC1CCCC=C(C(C)C)C1. The van der Waals surface area contributed by atoms with E-state index in [0.29, 0.717) is 12.0 Å². The van der Waals surface area contributed by atoms with Gasteiger partial charge in [0.1, 0.15) is 0 Å². The van der Waals surface area contributed by atoms with Gasteiger partial charge in [0.2, 0.25) is 5.91 Å². The molecule has 0 saturated heterocycles. The van der Waals surface area contributed by atoms with Crippen molar-refractivity contribution >= 4 is 5.91 Å². The maximum absolute atomic E-state index is 11.2. The molecule has 0 aromatic heterocycles. The number of hydrogen-bond acceptors (Lipinski definition) is 1. The third-order valence-corrected chi connectivity index (χ3v) is 2.92. The quantitative estimate of drug-likeness (QED) is 0.559. The molecule has 0 heterocycles. The van der Waals surface area contributed by atoms with Crippen LogP contribution in [0.2, 0.25) is 0 Å². The lowest BCUT2D eigenvalue weighted by Gasteiger charge is -2.18. The van der Waals surface area contributed by atoms with Crippen molar-refractivity contribution in [1.82, 2.24) is 5.32 Å². The van der Waals surface area contributed by atoms with Crippen molar-refractivity contribution in [3.8, 4) is 0 Å². The molecule has 1 atom stereocenters. The largest absolute Gasteiger partial charge is 0.350 e. The van der Waals surface area contributed by atoms with Gasteiger partial charge in [-0.05, 0) is 37.7 Å². The molecular weight excluding hydrogens is 186 g/mol. The maximum atomic E-state index is 11.2. The Labute approximate surface area is 92.4 Å². The molecule has 84 valence electrons. The van der Waals surface area contributed by atoms with E-state index in [2.05, 4.69) is 31.8 Å². The fraction of sp³-hybridized carbons (Fsp3) is 0.615. The fourth-order valence-electron chi connectivity index (χ4n) is 1.98. The highest BCUT2D eigenvalue weighted by Crippen LogP contribution is 2.23. The number of amides is 1. The van der Waals surface area contributed by atoms with Gasteiger partial charge >= 0.3 is 0 Å². The Hall–Kier alpha value is -1.05. The van der Waals surface area contributed by atoms with Gasteiger partial charge in [0.25, 0.3) is 0 Å². The topological polar surface area (TPSA) is 29.1 Å². The Morgan fingerprint density at radius 2 is 2.40 bits per heavy atom. The molecule has 1 N–H and O–H groups in total. The zero-order valence-corrected chi connectivity index (χ0v) is 9.75. The molecule has 0 fully saturated rings. The Bertz CT molecular complexity index is 266. The first-order valence-corrected chi connectivity index (χ1v) is 5.75. The first kappa shape index (κ1) is 12.0. The highest BCUT2D eigenvalue weighted by molar-refractivity contribution is 5.87. The lowest BCUT2D eigenvalue weighted by Crippen LogP contribution is -2.33. The molecule has 0 bridgehead atoms. The Balaban J connectivity index is 2.56. The average Bonchev–Trinajstić information content (AvgIpc) is 2.43. The summed E-state index contributed by atoms with van der Waals surface area (Å²) < 4.78 is 0. The lowest BCUT2D eigenvalue weighted by atomic mass is 9.96. The highest BCUT2D eigenvalue weighted by Gasteiger charge is 2.16. The number of carbonyl (C=O) groups is 1. The molecule has 15 heavy (non-hydrogen) atoms. The zero-order valence-electron chi connectivity index (χ0n) is 9.75. The minimum atomic E-state index is -0.0509. The summed E-state index contributed by atoms with van der Waals surface area (Å²) in [5.74, 6) is 0.538. The molecule has 0 aliphatic heterocycles. The average molecular weight is 207 g/mol. The monoisotopic (exact) mass is 207 g/mol. The van der Waals surface area contributed by atoms with Gasteiger partial charge in [-0.1, -0.05) is 32.1 Å². The summed E-state index contributed by atoms with van der Waals surface area (Å²) in [5.41, 5.74) is 1.47. The second-order valence-corrected chi connectivity index (χ2v) is 4.48. The van der Waals surface area contributed by atoms with E-state index >= 15 is 0 Å². The second kappa shape index (κ2) is 5.74. The summed E-state index contributed by atoms with van der Waals surface area (Å²) in [6, 6.07) is 0.298. The molecule has 0 saturated carbocycles. The van der Waals surface area contributed by atoms with Crippen LogP contribution in [0, 0.1) is 5.92 Å². The van der Waals surface area contributed by atoms with Gasteiger partial charge in [-0.25, -0.2) is 0 Å². The number of nitrogens with one attached hydrogen (secondary N) is 1. The number of allylic oxidation sites excluding steroid dienone is 1. The molecule has 0 radical (unpaired) electrons. The summed E-state index contributed by atoms with van der Waals surface area (Å²) in [7, 11) is 0. The molecule has 0 aromatic rings.